The van der Waals surface area contributed by atoms with Gasteiger partial charge in [0.25, 0.3) is 0 Å². The molecule has 0 bridgehead atoms. The molecule has 2 aromatic carbocycles. The number of benzene rings is 2. The molecule has 1 amide bonds. The van der Waals surface area contributed by atoms with Crippen LogP contribution in [-0.4, -0.2) is 48.7 Å². The van der Waals surface area contributed by atoms with Crippen molar-refractivity contribution in [2.24, 2.45) is 0 Å². The van der Waals surface area contributed by atoms with Crippen LogP contribution >= 0.6 is 11.3 Å². The summed E-state index contributed by atoms with van der Waals surface area (Å²) in [6, 6.07) is 17.7. The van der Waals surface area contributed by atoms with Gasteiger partial charge in [0.2, 0.25) is 12.4 Å². The number of carbonyl (C=O) groups is 2. The van der Waals surface area contributed by atoms with Crippen molar-refractivity contribution in [1.82, 2.24) is 15.4 Å². The molecule has 212 valence electrons. The fraction of sp³-hybridized carbons (Fsp3) is 0.185. The highest BCUT2D eigenvalue weighted by molar-refractivity contribution is 7.19. The molecule has 1 aliphatic heterocycles. The van der Waals surface area contributed by atoms with Gasteiger partial charge >= 0.3 is 12.1 Å². The molecular weight excluding hydrogens is 561 g/mol. The van der Waals surface area contributed by atoms with E-state index in [9.17, 15) is 22.8 Å². The number of rotatable bonds is 9. The zero-order chi connectivity index (χ0) is 28.8. The van der Waals surface area contributed by atoms with Gasteiger partial charge in [-0.2, -0.15) is 23.6 Å². The maximum absolute atomic E-state index is 13.9. The third-order valence-electron chi connectivity index (χ3n) is 6.04. The molecule has 0 unspecified atom stereocenters. The number of nitrogens with zero attached hydrogens (tertiary/aromatic N) is 3. The number of halogens is 3. The lowest BCUT2D eigenvalue weighted by atomic mass is 10.1. The first-order valence-corrected chi connectivity index (χ1v) is 13.1. The smallest absolute Gasteiger partial charge is 0.378 e. The number of carbonyl (C=O) groups excluding carboxylic acids is 2. The standard InChI is InChI=1S/C27H23F3N6O4S/c28-27(29,30)21-15-31-26(33-18-6-8-19(9-7-18)36-10-12-39-13-11-36)35-23(21)34-24-20(25(38)40-32-16-37)14-22(41-24)17-4-2-1-3-5-17/h1-9,14-16H,10-13H2,(H,32,37)(H2,31,33,34,35). The lowest BCUT2D eigenvalue weighted by Gasteiger charge is -2.28. The summed E-state index contributed by atoms with van der Waals surface area (Å²) in [6.07, 6.45) is -3.97. The van der Waals surface area contributed by atoms with Crippen LogP contribution in [-0.2, 0) is 20.5 Å². The second kappa shape index (κ2) is 12.2. The van der Waals surface area contributed by atoms with Crippen LogP contribution < -0.4 is 21.0 Å². The van der Waals surface area contributed by atoms with Crippen molar-refractivity contribution in [2.45, 2.75) is 6.18 Å². The Kier molecular flexibility index (Phi) is 8.31. The van der Waals surface area contributed by atoms with Crippen molar-refractivity contribution in [3.63, 3.8) is 0 Å². The van der Waals surface area contributed by atoms with Crippen LogP contribution in [0, 0.1) is 0 Å². The molecule has 4 aromatic rings. The van der Waals surface area contributed by atoms with Gasteiger partial charge in [0.05, 0.1) is 18.8 Å². The largest absolute Gasteiger partial charge is 0.421 e. The lowest BCUT2D eigenvalue weighted by molar-refractivity contribution is -0.137. The molecule has 1 aliphatic rings. The molecule has 14 heteroatoms. The van der Waals surface area contributed by atoms with Gasteiger partial charge in [-0.05, 0) is 35.9 Å². The fourth-order valence-corrected chi connectivity index (χ4v) is 5.12. The van der Waals surface area contributed by atoms with E-state index >= 15 is 0 Å². The van der Waals surface area contributed by atoms with E-state index in [0.717, 1.165) is 35.7 Å². The predicted octanol–water partition coefficient (Wildman–Crippen LogP) is 5.37. The number of hydrogen-bond donors (Lipinski definition) is 3. The van der Waals surface area contributed by atoms with Crippen molar-refractivity contribution in [1.29, 1.82) is 0 Å². The summed E-state index contributed by atoms with van der Waals surface area (Å²) in [6.45, 7) is 2.80. The van der Waals surface area contributed by atoms with Gasteiger partial charge in [0.1, 0.15) is 16.4 Å². The molecule has 3 N–H and O–H groups in total. The van der Waals surface area contributed by atoms with E-state index in [0.29, 0.717) is 30.0 Å². The third-order valence-corrected chi connectivity index (χ3v) is 7.14. The molecule has 10 nitrogen and oxygen atoms in total. The Morgan fingerprint density at radius 3 is 2.46 bits per heavy atom. The molecular formula is C27H23F3N6O4S. The molecule has 0 spiro atoms. The molecule has 0 aliphatic carbocycles. The molecule has 0 radical (unpaired) electrons. The van der Waals surface area contributed by atoms with Gasteiger partial charge in [0, 0.05) is 35.5 Å². The molecule has 3 heterocycles. The number of anilines is 5. The van der Waals surface area contributed by atoms with Crippen LogP contribution in [0.4, 0.5) is 41.3 Å². The van der Waals surface area contributed by atoms with Crippen LogP contribution in [0.5, 0.6) is 0 Å². The molecule has 0 saturated carbocycles. The van der Waals surface area contributed by atoms with Crippen molar-refractivity contribution in [2.75, 3.05) is 41.8 Å². The summed E-state index contributed by atoms with van der Waals surface area (Å²) < 4.78 is 47.2. The number of alkyl halides is 3. The van der Waals surface area contributed by atoms with Gasteiger partial charge in [0.15, 0.2) is 0 Å². The third kappa shape index (κ3) is 6.73. The van der Waals surface area contributed by atoms with E-state index in [1.807, 2.05) is 12.1 Å². The van der Waals surface area contributed by atoms with Gasteiger partial charge in [-0.3, -0.25) is 4.79 Å². The van der Waals surface area contributed by atoms with E-state index in [1.165, 1.54) is 6.07 Å². The number of morpholine rings is 1. The summed E-state index contributed by atoms with van der Waals surface area (Å²) in [5.41, 5.74) is 2.86. The lowest BCUT2D eigenvalue weighted by Crippen LogP contribution is -2.36. The van der Waals surface area contributed by atoms with Crippen LogP contribution in [0.15, 0.2) is 66.9 Å². The van der Waals surface area contributed by atoms with Gasteiger partial charge in [-0.15, -0.1) is 11.3 Å². The number of aromatic nitrogens is 2. The van der Waals surface area contributed by atoms with E-state index < -0.39 is 23.5 Å². The average molecular weight is 585 g/mol. The van der Waals surface area contributed by atoms with Crippen LogP contribution in [0.3, 0.4) is 0 Å². The number of hydrogen-bond acceptors (Lipinski definition) is 10. The first kappa shape index (κ1) is 27.9. The van der Waals surface area contributed by atoms with E-state index in [4.69, 9.17) is 9.57 Å². The predicted molar refractivity (Wildman–Crippen MR) is 147 cm³/mol. The first-order chi connectivity index (χ1) is 19.8. The van der Waals surface area contributed by atoms with Crippen LogP contribution in [0.1, 0.15) is 15.9 Å². The van der Waals surface area contributed by atoms with E-state index in [1.54, 1.807) is 47.9 Å². The maximum atomic E-state index is 13.9. The first-order valence-electron chi connectivity index (χ1n) is 12.3. The summed E-state index contributed by atoms with van der Waals surface area (Å²) in [7, 11) is 0. The number of ether oxygens (including phenoxy) is 1. The van der Waals surface area contributed by atoms with E-state index in [-0.39, 0.29) is 22.9 Å². The Morgan fingerprint density at radius 2 is 1.78 bits per heavy atom. The minimum absolute atomic E-state index is 0.0339. The minimum atomic E-state index is -4.79. The minimum Gasteiger partial charge on any atom is -0.378 e. The average Bonchev–Trinajstić information content (AvgIpc) is 3.40. The van der Waals surface area contributed by atoms with Gasteiger partial charge in [-0.1, -0.05) is 30.3 Å². The molecule has 1 fully saturated rings. The van der Waals surface area contributed by atoms with E-state index in [2.05, 4.69) is 25.5 Å². The van der Waals surface area contributed by atoms with Crippen molar-refractivity contribution in [3.05, 3.63) is 78.0 Å². The number of hydroxylamine groups is 1. The Morgan fingerprint density at radius 1 is 1.05 bits per heavy atom. The summed E-state index contributed by atoms with van der Waals surface area (Å²) in [5.74, 6) is -1.63. The monoisotopic (exact) mass is 584 g/mol. The normalized spacial score (nSPS) is 13.4. The number of amides is 1. The highest BCUT2D eigenvalue weighted by atomic mass is 32.1. The van der Waals surface area contributed by atoms with Crippen molar-refractivity contribution < 1.29 is 32.3 Å². The number of thiophene rings is 1. The van der Waals surface area contributed by atoms with Crippen LogP contribution in [0.2, 0.25) is 0 Å². The zero-order valence-electron chi connectivity index (χ0n) is 21.3. The number of nitrogens with one attached hydrogen (secondary N) is 3. The Hall–Kier alpha value is -4.69. The molecule has 2 aromatic heterocycles. The summed E-state index contributed by atoms with van der Waals surface area (Å²) in [5, 5.41) is 5.60. The Balaban J connectivity index is 1.45. The van der Waals surface area contributed by atoms with Crippen LogP contribution in [0.25, 0.3) is 10.4 Å². The van der Waals surface area contributed by atoms with Gasteiger partial charge < -0.3 is 25.1 Å². The molecule has 41 heavy (non-hydrogen) atoms. The quantitative estimate of drug-likeness (QED) is 0.176. The summed E-state index contributed by atoms with van der Waals surface area (Å²) >= 11 is 1.02. The zero-order valence-corrected chi connectivity index (χ0v) is 22.1. The molecule has 1 saturated heterocycles. The second-order valence-corrected chi connectivity index (χ2v) is 9.75. The SMILES string of the molecule is O=CNOC(=O)c1cc(-c2ccccc2)sc1Nc1nc(Nc2ccc(N3CCOCC3)cc2)ncc1C(F)(F)F. The fourth-order valence-electron chi connectivity index (χ4n) is 4.07. The topological polar surface area (TPSA) is 118 Å². The molecule has 5 rings (SSSR count). The van der Waals surface area contributed by atoms with Gasteiger partial charge in [-0.25, -0.2) is 9.78 Å². The molecule has 0 atom stereocenters. The van der Waals surface area contributed by atoms with Crippen molar-refractivity contribution in [3.8, 4) is 10.4 Å². The maximum Gasteiger partial charge on any atom is 0.421 e. The highest BCUT2D eigenvalue weighted by Crippen LogP contribution is 2.40. The summed E-state index contributed by atoms with van der Waals surface area (Å²) in [4.78, 5) is 38.6. The Bertz CT molecular complexity index is 1510. The van der Waals surface area contributed by atoms with Crippen molar-refractivity contribution >= 4 is 51.9 Å². The Labute approximate surface area is 236 Å². The second-order valence-electron chi connectivity index (χ2n) is 8.69. The highest BCUT2D eigenvalue weighted by Gasteiger charge is 2.36.